The minimum absolute atomic E-state index is 0.152. The number of Topliss-reactive ketones (excluding diaryl/α,β-unsaturated/α-hetero) is 1. The first-order valence-corrected chi connectivity index (χ1v) is 7.76. The zero-order chi connectivity index (χ0) is 12.6. The fourth-order valence-electron chi connectivity index (χ4n) is 1.88. The lowest BCUT2D eigenvalue weighted by Crippen LogP contribution is -2.42. The molecule has 1 aromatic heterocycles. The van der Waals surface area contributed by atoms with Crippen LogP contribution in [0.1, 0.15) is 18.2 Å². The third kappa shape index (κ3) is 2.43. The lowest BCUT2D eigenvalue weighted by Gasteiger charge is -2.28. The molecule has 1 fully saturated rings. The SMILES string of the molecule is Cc1ccc(S(=O)(=O)N2CCC(=O)C(C)C2)s1. The molecule has 0 bridgehead atoms. The Kier molecular flexibility index (Phi) is 3.38. The largest absolute Gasteiger partial charge is 0.299 e. The Bertz CT molecular complexity index is 533. The highest BCUT2D eigenvalue weighted by Crippen LogP contribution is 2.26. The average Bonchev–Trinajstić information content (AvgIpc) is 2.69. The van der Waals surface area contributed by atoms with Crippen molar-refractivity contribution in [2.24, 2.45) is 5.92 Å². The highest BCUT2D eigenvalue weighted by molar-refractivity contribution is 7.91. The summed E-state index contributed by atoms with van der Waals surface area (Å²) in [6, 6.07) is 3.44. The van der Waals surface area contributed by atoms with Crippen molar-refractivity contribution in [2.45, 2.75) is 24.5 Å². The summed E-state index contributed by atoms with van der Waals surface area (Å²) in [5, 5.41) is 0. The Morgan fingerprint density at radius 3 is 2.65 bits per heavy atom. The molecule has 0 radical (unpaired) electrons. The molecule has 0 saturated carbocycles. The van der Waals surface area contributed by atoms with Crippen LogP contribution in [0.5, 0.6) is 0 Å². The van der Waals surface area contributed by atoms with Crippen LogP contribution in [0.4, 0.5) is 0 Å². The number of aryl methyl sites for hydroxylation is 1. The Morgan fingerprint density at radius 1 is 1.41 bits per heavy atom. The average molecular weight is 273 g/mol. The van der Waals surface area contributed by atoms with Crippen LogP contribution >= 0.6 is 11.3 Å². The lowest BCUT2D eigenvalue weighted by atomic mass is 10.0. The van der Waals surface area contributed by atoms with Crippen molar-refractivity contribution in [1.82, 2.24) is 4.31 Å². The maximum atomic E-state index is 12.3. The summed E-state index contributed by atoms with van der Waals surface area (Å²) in [6.45, 7) is 4.27. The summed E-state index contributed by atoms with van der Waals surface area (Å²) in [7, 11) is -3.40. The molecule has 1 unspecified atom stereocenters. The van der Waals surface area contributed by atoms with Gasteiger partial charge in [-0.2, -0.15) is 4.31 Å². The topological polar surface area (TPSA) is 54.5 Å². The number of piperidine rings is 1. The molecule has 6 heteroatoms. The van der Waals surface area contributed by atoms with Gasteiger partial charge in [0.1, 0.15) is 9.99 Å². The molecule has 1 aliphatic rings. The quantitative estimate of drug-likeness (QED) is 0.823. The molecule has 0 N–H and O–H groups in total. The van der Waals surface area contributed by atoms with Gasteiger partial charge in [-0.1, -0.05) is 6.92 Å². The number of carbonyl (C=O) groups is 1. The fraction of sp³-hybridized carbons (Fsp3) is 0.545. The van der Waals surface area contributed by atoms with E-state index in [2.05, 4.69) is 0 Å². The van der Waals surface area contributed by atoms with E-state index in [0.717, 1.165) is 4.88 Å². The molecule has 0 amide bonds. The summed E-state index contributed by atoms with van der Waals surface area (Å²) in [6.07, 6.45) is 0.324. The Labute approximate surface area is 105 Å². The first kappa shape index (κ1) is 12.7. The predicted octanol–water partition coefficient (Wildman–Crippen LogP) is 1.66. The van der Waals surface area contributed by atoms with E-state index in [1.54, 1.807) is 19.1 Å². The molecule has 0 aromatic carbocycles. The number of ketones is 1. The fourth-order valence-corrected chi connectivity index (χ4v) is 4.84. The van der Waals surface area contributed by atoms with E-state index in [1.807, 2.05) is 6.92 Å². The Hall–Kier alpha value is -0.720. The second-order valence-corrected chi connectivity index (χ2v) is 7.80. The maximum absolute atomic E-state index is 12.3. The van der Waals surface area contributed by atoms with Gasteiger partial charge in [0.05, 0.1) is 0 Å². The molecule has 2 rings (SSSR count). The zero-order valence-electron chi connectivity index (χ0n) is 9.84. The number of thiophene rings is 1. The molecule has 1 atom stereocenters. The highest BCUT2D eigenvalue weighted by atomic mass is 32.2. The van der Waals surface area contributed by atoms with Gasteiger partial charge in [0, 0.05) is 30.3 Å². The van der Waals surface area contributed by atoms with Gasteiger partial charge < -0.3 is 0 Å². The molecule has 0 aliphatic carbocycles. The molecule has 1 saturated heterocycles. The lowest BCUT2D eigenvalue weighted by molar-refractivity contribution is -0.124. The van der Waals surface area contributed by atoms with Crippen molar-refractivity contribution in [3.63, 3.8) is 0 Å². The minimum atomic E-state index is -3.40. The van der Waals surface area contributed by atoms with Crippen molar-refractivity contribution in [3.8, 4) is 0 Å². The van der Waals surface area contributed by atoms with E-state index in [9.17, 15) is 13.2 Å². The maximum Gasteiger partial charge on any atom is 0.252 e. The van der Waals surface area contributed by atoms with Crippen LogP contribution in [0.15, 0.2) is 16.3 Å². The second-order valence-electron chi connectivity index (χ2n) is 4.35. The monoisotopic (exact) mass is 273 g/mol. The number of hydrogen-bond donors (Lipinski definition) is 0. The molecule has 1 aliphatic heterocycles. The summed E-state index contributed by atoms with van der Waals surface area (Å²) in [5.41, 5.74) is 0. The molecule has 17 heavy (non-hydrogen) atoms. The van der Waals surface area contributed by atoms with Crippen LogP contribution in [0.3, 0.4) is 0 Å². The number of carbonyl (C=O) groups excluding carboxylic acids is 1. The molecular weight excluding hydrogens is 258 g/mol. The van der Waals surface area contributed by atoms with Crippen LogP contribution in [0.2, 0.25) is 0 Å². The summed E-state index contributed by atoms with van der Waals surface area (Å²) in [5.74, 6) is -0.0432. The summed E-state index contributed by atoms with van der Waals surface area (Å²) < 4.78 is 26.3. The van der Waals surface area contributed by atoms with Gasteiger partial charge >= 0.3 is 0 Å². The van der Waals surface area contributed by atoms with Crippen LogP contribution in [-0.2, 0) is 14.8 Å². The van der Waals surface area contributed by atoms with E-state index >= 15 is 0 Å². The number of sulfonamides is 1. The van der Waals surface area contributed by atoms with E-state index in [4.69, 9.17) is 0 Å². The smallest absolute Gasteiger partial charge is 0.252 e. The van der Waals surface area contributed by atoms with E-state index in [0.29, 0.717) is 23.7 Å². The third-order valence-corrected chi connectivity index (χ3v) is 6.28. The summed E-state index contributed by atoms with van der Waals surface area (Å²) in [4.78, 5) is 12.4. The van der Waals surface area contributed by atoms with E-state index < -0.39 is 10.0 Å². The summed E-state index contributed by atoms with van der Waals surface area (Å²) >= 11 is 1.28. The number of rotatable bonds is 2. The first-order valence-electron chi connectivity index (χ1n) is 5.50. The molecule has 1 aromatic rings. The third-order valence-electron chi connectivity index (χ3n) is 2.94. The highest BCUT2D eigenvalue weighted by Gasteiger charge is 2.32. The van der Waals surface area contributed by atoms with E-state index in [1.165, 1.54) is 15.6 Å². The standard InChI is InChI=1S/C11H15NO3S2/c1-8-7-12(6-5-10(8)13)17(14,15)11-4-3-9(2)16-11/h3-4,8H,5-7H2,1-2H3. The van der Waals surface area contributed by atoms with Crippen LogP contribution in [0.25, 0.3) is 0 Å². The zero-order valence-corrected chi connectivity index (χ0v) is 11.5. The van der Waals surface area contributed by atoms with Gasteiger partial charge in [-0.3, -0.25) is 4.79 Å². The van der Waals surface area contributed by atoms with Crippen LogP contribution < -0.4 is 0 Å². The van der Waals surface area contributed by atoms with Gasteiger partial charge in [0.25, 0.3) is 10.0 Å². The van der Waals surface area contributed by atoms with Crippen LogP contribution in [-0.4, -0.2) is 31.6 Å². The van der Waals surface area contributed by atoms with Gasteiger partial charge in [0.2, 0.25) is 0 Å². The van der Waals surface area contributed by atoms with Crippen molar-refractivity contribution in [2.75, 3.05) is 13.1 Å². The Balaban J connectivity index is 2.25. The molecule has 0 spiro atoms. The van der Waals surface area contributed by atoms with Crippen molar-refractivity contribution in [1.29, 1.82) is 0 Å². The first-order chi connectivity index (χ1) is 7.91. The van der Waals surface area contributed by atoms with Gasteiger partial charge in [0.15, 0.2) is 0 Å². The Morgan fingerprint density at radius 2 is 2.12 bits per heavy atom. The number of hydrogen-bond acceptors (Lipinski definition) is 4. The van der Waals surface area contributed by atoms with Crippen molar-refractivity contribution < 1.29 is 13.2 Å². The van der Waals surface area contributed by atoms with Gasteiger partial charge in [-0.15, -0.1) is 11.3 Å². The van der Waals surface area contributed by atoms with Crippen LogP contribution in [0, 0.1) is 12.8 Å². The molecule has 2 heterocycles. The van der Waals surface area contributed by atoms with Gasteiger partial charge in [-0.25, -0.2) is 8.42 Å². The van der Waals surface area contributed by atoms with Crippen molar-refractivity contribution in [3.05, 3.63) is 17.0 Å². The van der Waals surface area contributed by atoms with Gasteiger partial charge in [-0.05, 0) is 19.1 Å². The van der Waals surface area contributed by atoms with E-state index in [-0.39, 0.29) is 11.7 Å². The number of nitrogens with zero attached hydrogens (tertiary/aromatic N) is 1. The predicted molar refractivity (Wildman–Crippen MR) is 66.6 cm³/mol. The minimum Gasteiger partial charge on any atom is -0.299 e. The second kappa shape index (κ2) is 4.51. The normalized spacial score (nSPS) is 22.9. The molecular formula is C11H15NO3S2. The molecule has 94 valence electrons. The van der Waals surface area contributed by atoms with Crippen molar-refractivity contribution >= 4 is 27.1 Å². The molecule has 4 nitrogen and oxygen atoms in total.